The van der Waals surface area contributed by atoms with E-state index in [2.05, 4.69) is 21.6 Å². The maximum atomic E-state index is 6.05. The van der Waals surface area contributed by atoms with E-state index in [0.29, 0.717) is 0 Å². The predicted octanol–water partition coefficient (Wildman–Crippen LogP) is 0.548. The van der Waals surface area contributed by atoms with Gasteiger partial charge in [0.25, 0.3) is 0 Å². The third-order valence-corrected chi connectivity index (χ3v) is 3.07. The van der Waals surface area contributed by atoms with Gasteiger partial charge in [0.15, 0.2) is 5.65 Å². The lowest BCUT2D eigenvalue weighted by Gasteiger charge is -2.08. The highest BCUT2D eigenvalue weighted by Crippen LogP contribution is 2.36. The molecule has 0 saturated heterocycles. The second-order valence-electron chi connectivity index (χ2n) is 4.33. The van der Waals surface area contributed by atoms with E-state index in [0.717, 1.165) is 37.0 Å². The summed E-state index contributed by atoms with van der Waals surface area (Å²) in [6, 6.07) is 5.94. The van der Waals surface area contributed by atoms with Gasteiger partial charge in [0.1, 0.15) is 0 Å². The van der Waals surface area contributed by atoms with Crippen molar-refractivity contribution < 1.29 is 0 Å². The standard InChI is InChI=1S/C10H13N5/c11-10(6-7-10)5-4-8-2-1-3-9-12-13-14-15(8)9/h1-3H,4-7,11H2. The number of nitrogens with two attached hydrogens (primary N) is 1. The summed E-state index contributed by atoms with van der Waals surface area (Å²) in [6.07, 6.45) is 4.27. The van der Waals surface area contributed by atoms with Crippen molar-refractivity contribution in [2.24, 2.45) is 5.73 Å². The highest BCUT2D eigenvalue weighted by Gasteiger charge is 2.37. The molecule has 3 rings (SSSR count). The number of hydrogen-bond donors (Lipinski definition) is 1. The summed E-state index contributed by atoms with van der Waals surface area (Å²) in [7, 11) is 0. The lowest BCUT2D eigenvalue weighted by atomic mass is 10.1. The molecule has 1 aliphatic carbocycles. The van der Waals surface area contributed by atoms with Crippen LogP contribution in [0.2, 0.25) is 0 Å². The van der Waals surface area contributed by atoms with Crippen LogP contribution in [0.25, 0.3) is 5.65 Å². The Morgan fingerprint density at radius 2 is 2.27 bits per heavy atom. The van der Waals surface area contributed by atoms with Crippen LogP contribution in [0.15, 0.2) is 18.2 Å². The Labute approximate surface area is 87.3 Å². The first-order chi connectivity index (χ1) is 7.27. The van der Waals surface area contributed by atoms with Crippen molar-refractivity contribution >= 4 is 5.65 Å². The third-order valence-electron chi connectivity index (χ3n) is 3.07. The number of pyridine rings is 1. The quantitative estimate of drug-likeness (QED) is 0.790. The van der Waals surface area contributed by atoms with Gasteiger partial charge >= 0.3 is 0 Å². The van der Waals surface area contributed by atoms with E-state index in [9.17, 15) is 0 Å². The van der Waals surface area contributed by atoms with Crippen molar-refractivity contribution in [1.82, 2.24) is 20.0 Å². The summed E-state index contributed by atoms with van der Waals surface area (Å²) < 4.78 is 1.78. The second-order valence-corrected chi connectivity index (χ2v) is 4.33. The zero-order chi connectivity index (χ0) is 10.3. The number of aromatic nitrogens is 4. The zero-order valence-electron chi connectivity index (χ0n) is 8.43. The van der Waals surface area contributed by atoms with Gasteiger partial charge in [-0.1, -0.05) is 6.07 Å². The van der Waals surface area contributed by atoms with Crippen LogP contribution in [-0.4, -0.2) is 25.6 Å². The zero-order valence-corrected chi connectivity index (χ0v) is 8.43. The first-order valence-electron chi connectivity index (χ1n) is 5.22. The van der Waals surface area contributed by atoms with Crippen LogP contribution >= 0.6 is 0 Å². The van der Waals surface area contributed by atoms with Gasteiger partial charge in [0.2, 0.25) is 0 Å². The van der Waals surface area contributed by atoms with E-state index in [4.69, 9.17) is 5.73 Å². The van der Waals surface area contributed by atoms with Crippen LogP contribution in [-0.2, 0) is 6.42 Å². The molecule has 2 aromatic rings. The smallest absolute Gasteiger partial charge is 0.179 e. The van der Waals surface area contributed by atoms with Crippen molar-refractivity contribution in [2.75, 3.05) is 0 Å². The van der Waals surface area contributed by atoms with Gasteiger partial charge < -0.3 is 5.73 Å². The molecule has 1 saturated carbocycles. The lowest BCUT2D eigenvalue weighted by Crippen LogP contribution is -2.22. The Bertz CT molecular complexity index is 485. The summed E-state index contributed by atoms with van der Waals surface area (Å²) in [4.78, 5) is 0. The van der Waals surface area contributed by atoms with Gasteiger partial charge in [-0.05, 0) is 48.2 Å². The Balaban J connectivity index is 1.86. The number of hydrogen-bond acceptors (Lipinski definition) is 4. The largest absolute Gasteiger partial charge is 0.325 e. The minimum Gasteiger partial charge on any atom is -0.325 e. The molecule has 0 spiro atoms. The van der Waals surface area contributed by atoms with Crippen molar-refractivity contribution in [3.63, 3.8) is 0 Å². The number of nitrogens with zero attached hydrogens (tertiary/aromatic N) is 4. The average Bonchev–Trinajstić information content (AvgIpc) is 2.80. The summed E-state index contributed by atoms with van der Waals surface area (Å²) in [6.45, 7) is 0. The average molecular weight is 203 g/mol. The van der Waals surface area contributed by atoms with Gasteiger partial charge in [-0.2, -0.15) is 4.52 Å². The molecule has 0 aliphatic heterocycles. The van der Waals surface area contributed by atoms with Crippen LogP contribution in [0.5, 0.6) is 0 Å². The first kappa shape index (κ1) is 8.79. The third kappa shape index (κ3) is 1.59. The fourth-order valence-electron chi connectivity index (χ4n) is 1.80. The maximum Gasteiger partial charge on any atom is 0.179 e. The molecule has 2 heterocycles. The van der Waals surface area contributed by atoms with Gasteiger partial charge in [0, 0.05) is 11.2 Å². The maximum absolute atomic E-state index is 6.05. The predicted molar refractivity (Wildman–Crippen MR) is 55.3 cm³/mol. The molecule has 78 valence electrons. The summed E-state index contributed by atoms with van der Waals surface area (Å²) >= 11 is 0. The second kappa shape index (κ2) is 3.00. The molecule has 1 aliphatic rings. The Kier molecular flexibility index (Phi) is 1.76. The van der Waals surface area contributed by atoms with E-state index in [1.54, 1.807) is 4.52 Å². The van der Waals surface area contributed by atoms with E-state index < -0.39 is 0 Å². The van der Waals surface area contributed by atoms with Gasteiger partial charge in [0.05, 0.1) is 0 Å². The summed E-state index contributed by atoms with van der Waals surface area (Å²) in [5.74, 6) is 0. The molecule has 0 atom stereocenters. The van der Waals surface area contributed by atoms with Gasteiger partial charge in [-0.15, -0.1) is 5.10 Å². The summed E-state index contributed by atoms with van der Waals surface area (Å²) in [5.41, 5.74) is 8.08. The molecule has 5 nitrogen and oxygen atoms in total. The van der Waals surface area contributed by atoms with Crippen LogP contribution in [0.3, 0.4) is 0 Å². The Morgan fingerprint density at radius 1 is 1.40 bits per heavy atom. The molecule has 0 unspecified atom stereocenters. The fourth-order valence-corrected chi connectivity index (χ4v) is 1.80. The number of tetrazole rings is 1. The molecular weight excluding hydrogens is 190 g/mol. The SMILES string of the molecule is NC1(CCc2cccc3nnnn23)CC1. The first-order valence-corrected chi connectivity index (χ1v) is 5.22. The molecule has 0 bridgehead atoms. The van der Waals surface area contributed by atoms with Crippen LogP contribution in [0, 0.1) is 0 Å². The van der Waals surface area contributed by atoms with E-state index >= 15 is 0 Å². The normalized spacial score (nSPS) is 18.2. The highest BCUT2D eigenvalue weighted by atomic mass is 15.5. The minimum absolute atomic E-state index is 0.0934. The molecule has 1 fully saturated rings. The van der Waals surface area contributed by atoms with Crippen molar-refractivity contribution in [3.8, 4) is 0 Å². The van der Waals surface area contributed by atoms with Crippen molar-refractivity contribution in [1.29, 1.82) is 0 Å². The van der Waals surface area contributed by atoms with Crippen molar-refractivity contribution in [2.45, 2.75) is 31.2 Å². The molecule has 0 amide bonds. The molecule has 15 heavy (non-hydrogen) atoms. The number of aryl methyl sites for hydroxylation is 1. The minimum atomic E-state index is 0.0934. The Hall–Kier alpha value is -1.49. The number of fused-ring (bicyclic) bond motifs is 1. The molecule has 5 heteroatoms. The fraction of sp³-hybridized carbons (Fsp3) is 0.500. The van der Waals surface area contributed by atoms with Crippen LogP contribution in [0.4, 0.5) is 0 Å². The van der Waals surface area contributed by atoms with E-state index in [-0.39, 0.29) is 5.54 Å². The highest BCUT2D eigenvalue weighted by molar-refractivity contribution is 5.36. The lowest BCUT2D eigenvalue weighted by molar-refractivity contribution is 0.594. The monoisotopic (exact) mass is 203 g/mol. The molecule has 0 radical (unpaired) electrons. The molecular formula is C10H13N5. The van der Waals surface area contributed by atoms with E-state index in [1.807, 2.05) is 12.1 Å². The number of rotatable bonds is 3. The molecule has 2 aromatic heterocycles. The molecule has 0 aromatic carbocycles. The van der Waals surface area contributed by atoms with E-state index in [1.165, 1.54) is 0 Å². The summed E-state index contributed by atoms with van der Waals surface area (Å²) in [5, 5.41) is 11.5. The van der Waals surface area contributed by atoms with Crippen molar-refractivity contribution in [3.05, 3.63) is 23.9 Å². The van der Waals surface area contributed by atoms with Gasteiger partial charge in [-0.25, -0.2) is 0 Å². The Morgan fingerprint density at radius 3 is 3.07 bits per heavy atom. The van der Waals surface area contributed by atoms with Crippen LogP contribution < -0.4 is 5.73 Å². The topological polar surface area (TPSA) is 69.1 Å². The molecule has 2 N–H and O–H groups in total. The van der Waals surface area contributed by atoms with Gasteiger partial charge in [-0.3, -0.25) is 0 Å². The van der Waals surface area contributed by atoms with Crippen LogP contribution in [0.1, 0.15) is 25.0 Å².